The molecule has 0 unspecified atom stereocenters. The van der Waals surface area contributed by atoms with Crippen LogP contribution in [-0.2, 0) is 6.61 Å². The second-order valence-corrected chi connectivity index (χ2v) is 3.67. The van der Waals surface area contributed by atoms with Gasteiger partial charge in [0.1, 0.15) is 12.4 Å². The summed E-state index contributed by atoms with van der Waals surface area (Å²) in [7, 11) is 0. The number of rotatable bonds is 4. The molecule has 0 aliphatic carbocycles. The molecule has 0 saturated heterocycles. The molecule has 7 heteroatoms. The van der Waals surface area contributed by atoms with E-state index in [4.69, 9.17) is 9.84 Å². The first-order valence-corrected chi connectivity index (χ1v) is 5.12. The molecule has 0 aromatic carbocycles. The van der Waals surface area contributed by atoms with E-state index in [1.165, 1.54) is 0 Å². The molecule has 0 aliphatic rings. The maximum absolute atomic E-state index is 10.7. The van der Waals surface area contributed by atoms with Crippen molar-refractivity contribution in [3.8, 4) is 5.75 Å². The minimum absolute atomic E-state index is 0.0612. The van der Waals surface area contributed by atoms with Crippen molar-refractivity contribution in [3.05, 3.63) is 35.1 Å². The van der Waals surface area contributed by atoms with Crippen LogP contribution in [0, 0.1) is 0 Å². The highest BCUT2D eigenvalue weighted by atomic mass is 32.1. The number of ether oxygens (including phenoxy) is 1. The molecule has 0 amide bonds. The van der Waals surface area contributed by atoms with Crippen molar-refractivity contribution >= 4 is 17.5 Å². The average Bonchev–Trinajstić information content (AvgIpc) is 2.76. The highest BCUT2D eigenvalue weighted by molar-refractivity contribution is 7.05. The molecular weight excluding hydrogens is 230 g/mol. The molecule has 82 valence electrons. The summed E-state index contributed by atoms with van der Waals surface area (Å²) in [6.07, 6.45) is 3.18. The van der Waals surface area contributed by atoms with Crippen molar-refractivity contribution in [2.45, 2.75) is 6.61 Å². The molecule has 0 bridgehead atoms. The maximum atomic E-state index is 10.7. The van der Waals surface area contributed by atoms with E-state index in [0.717, 1.165) is 11.5 Å². The van der Waals surface area contributed by atoms with Crippen molar-refractivity contribution in [1.29, 1.82) is 0 Å². The van der Waals surface area contributed by atoms with E-state index in [9.17, 15) is 4.79 Å². The fourth-order valence-corrected chi connectivity index (χ4v) is 1.59. The Balaban J connectivity index is 2.05. The van der Waals surface area contributed by atoms with E-state index >= 15 is 0 Å². The van der Waals surface area contributed by atoms with Gasteiger partial charge in [0.05, 0.1) is 11.1 Å². The van der Waals surface area contributed by atoms with Crippen LogP contribution in [0.5, 0.6) is 5.75 Å². The zero-order valence-electron chi connectivity index (χ0n) is 8.03. The van der Waals surface area contributed by atoms with Crippen LogP contribution in [0.2, 0.25) is 0 Å². The largest absolute Gasteiger partial charge is 0.486 e. The second kappa shape index (κ2) is 4.67. The van der Waals surface area contributed by atoms with E-state index in [0.29, 0.717) is 10.6 Å². The molecule has 6 nitrogen and oxygen atoms in total. The maximum Gasteiger partial charge on any atom is 0.357 e. The molecule has 0 radical (unpaired) electrons. The van der Waals surface area contributed by atoms with Gasteiger partial charge >= 0.3 is 5.97 Å². The van der Waals surface area contributed by atoms with Crippen molar-refractivity contribution in [1.82, 2.24) is 14.6 Å². The number of carbonyl (C=O) groups is 1. The van der Waals surface area contributed by atoms with Crippen LogP contribution in [0.1, 0.15) is 15.4 Å². The van der Waals surface area contributed by atoms with Crippen molar-refractivity contribution < 1.29 is 14.6 Å². The fourth-order valence-electron chi connectivity index (χ4n) is 1.05. The summed E-state index contributed by atoms with van der Waals surface area (Å²) in [4.78, 5) is 15.1. The monoisotopic (exact) mass is 237 g/mol. The van der Waals surface area contributed by atoms with Crippen LogP contribution in [0.4, 0.5) is 0 Å². The Bertz CT molecular complexity index is 486. The van der Waals surface area contributed by atoms with Gasteiger partial charge < -0.3 is 9.84 Å². The molecule has 1 N–H and O–H groups in total. The van der Waals surface area contributed by atoms with Crippen LogP contribution >= 0.6 is 11.5 Å². The van der Waals surface area contributed by atoms with Crippen molar-refractivity contribution in [2.75, 3.05) is 0 Å². The molecule has 2 heterocycles. The summed E-state index contributed by atoms with van der Waals surface area (Å²) in [5, 5.41) is 12.3. The predicted molar refractivity (Wildman–Crippen MR) is 55.4 cm³/mol. The number of aromatic nitrogens is 3. The Labute approximate surface area is 94.7 Å². The SMILES string of the molecule is O=C(O)c1nnsc1COc1cccnc1. The summed E-state index contributed by atoms with van der Waals surface area (Å²) in [6.45, 7) is 0.130. The number of carboxylic acid groups (broad SMARTS) is 1. The van der Waals surface area contributed by atoms with E-state index in [-0.39, 0.29) is 12.3 Å². The summed E-state index contributed by atoms with van der Waals surface area (Å²) in [5.74, 6) is -0.522. The molecule has 0 spiro atoms. The lowest BCUT2D eigenvalue weighted by atomic mass is 10.4. The van der Waals surface area contributed by atoms with E-state index < -0.39 is 5.97 Å². The van der Waals surface area contributed by atoms with Crippen LogP contribution in [0.15, 0.2) is 24.5 Å². The van der Waals surface area contributed by atoms with E-state index in [2.05, 4.69) is 14.6 Å². The molecule has 0 aliphatic heterocycles. The molecule has 0 saturated carbocycles. The van der Waals surface area contributed by atoms with Crippen LogP contribution in [0.3, 0.4) is 0 Å². The Kier molecular flexibility index (Phi) is 3.06. The molecule has 0 fully saturated rings. The van der Waals surface area contributed by atoms with Gasteiger partial charge in [-0.1, -0.05) is 4.49 Å². The van der Waals surface area contributed by atoms with E-state index in [1.807, 2.05) is 0 Å². The van der Waals surface area contributed by atoms with Crippen LogP contribution in [-0.4, -0.2) is 25.6 Å². The molecule has 16 heavy (non-hydrogen) atoms. The molecule has 2 rings (SSSR count). The lowest BCUT2D eigenvalue weighted by molar-refractivity contribution is 0.0687. The van der Waals surface area contributed by atoms with Crippen LogP contribution < -0.4 is 4.74 Å². The third-order valence-corrected chi connectivity index (χ3v) is 2.46. The third-order valence-electron chi connectivity index (χ3n) is 1.76. The van der Waals surface area contributed by atoms with Gasteiger partial charge in [-0.25, -0.2) is 4.79 Å². The highest BCUT2D eigenvalue weighted by Crippen LogP contribution is 2.15. The van der Waals surface area contributed by atoms with Crippen molar-refractivity contribution in [2.24, 2.45) is 0 Å². The van der Waals surface area contributed by atoms with Crippen molar-refractivity contribution in [3.63, 3.8) is 0 Å². The Morgan fingerprint density at radius 2 is 2.44 bits per heavy atom. The first kappa shape index (κ1) is 10.5. The topological polar surface area (TPSA) is 85.2 Å². The lowest BCUT2D eigenvalue weighted by Crippen LogP contribution is -2.03. The molecule has 2 aromatic rings. The molecule has 2 aromatic heterocycles. The van der Waals surface area contributed by atoms with Gasteiger partial charge in [0.2, 0.25) is 0 Å². The third kappa shape index (κ3) is 2.31. The second-order valence-electron chi connectivity index (χ2n) is 2.83. The summed E-state index contributed by atoms with van der Waals surface area (Å²) >= 11 is 1.01. The number of carboxylic acids is 1. The van der Waals surface area contributed by atoms with Gasteiger partial charge in [-0.05, 0) is 23.7 Å². The first-order valence-electron chi connectivity index (χ1n) is 4.34. The normalized spacial score (nSPS) is 10.0. The zero-order valence-corrected chi connectivity index (χ0v) is 8.85. The summed E-state index contributed by atoms with van der Waals surface area (Å²) in [5.41, 5.74) is -0.0612. The Morgan fingerprint density at radius 3 is 3.12 bits per heavy atom. The molecule has 0 atom stereocenters. The number of hydrogen-bond acceptors (Lipinski definition) is 6. The number of nitrogens with zero attached hydrogens (tertiary/aromatic N) is 3. The average molecular weight is 237 g/mol. The zero-order chi connectivity index (χ0) is 11.4. The minimum atomic E-state index is -1.10. The Hall–Kier alpha value is -2.02. The minimum Gasteiger partial charge on any atom is -0.486 e. The van der Waals surface area contributed by atoms with Gasteiger partial charge in [-0.15, -0.1) is 5.10 Å². The molecular formula is C9H7N3O3S. The fraction of sp³-hybridized carbons (Fsp3) is 0.111. The van der Waals surface area contributed by atoms with Gasteiger partial charge in [0, 0.05) is 6.20 Å². The van der Waals surface area contributed by atoms with E-state index in [1.54, 1.807) is 24.5 Å². The van der Waals surface area contributed by atoms with Gasteiger partial charge in [-0.2, -0.15) is 0 Å². The van der Waals surface area contributed by atoms with Gasteiger partial charge in [-0.3, -0.25) is 4.98 Å². The first-order chi connectivity index (χ1) is 7.77. The van der Waals surface area contributed by atoms with Gasteiger partial charge in [0.15, 0.2) is 5.69 Å². The Morgan fingerprint density at radius 1 is 1.56 bits per heavy atom. The van der Waals surface area contributed by atoms with Gasteiger partial charge in [0.25, 0.3) is 0 Å². The standard InChI is InChI=1S/C9H7N3O3S/c13-9(14)8-7(16-12-11-8)5-15-6-2-1-3-10-4-6/h1-4H,5H2,(H,13,14). The van der Waals surface area contributed by atoms with Crippen LogP contribution in [0.25, 0.3) is 0 Å². The number of aromatic carboxylic acids is 1. The quantitative estimate of drug-likeness (QED) is 0.860. The summed E-state index contributed by atoms with van der Waals surface area (Å²) < 4.78 is 8.92. The number of hydrogen-bond donors (Lipinski definition) is 1. The predicted octanol–water partition coefficient (Wildman–Crippen LogP) is 1.21. The highest BCUT2D eigenvalue weighted by Gasteiger charge is 2.15. The smallest absolute Gasteiger partial charge is 0.357 e. The lowest BCUT2D eigenvalue weighted by Gasteiger charge is -2.02. The summed E-state index contributed by atoms with van der Waals surface area (Å²) in [6, 6.07) is 3.47. The number of pyridine rings is 1.